The van der Waals surface area contributed by atoms with Gasteiger partial charge < -0.3 is 4.90 Å². The van der Waals surface area contributed by atoms with E-state index in [2.05, 4.69) is 37.0 Å². The molecule has 4 nitrogen and oxygen atoms in total. The lowest BCUT2D eigenvalue weighted by Crippen LogP contribution is -2.24. The van der Waals surface area contributed by atoms with Crippen LogP contribution in [-0.2, 0) is 12.8 Å². The first-order chi connectivity index (χ1) is 9.60. The van der Waals surface area contributed by atoms with Gasteiger partial charge in [-0.1, -0.05) is 32.0 Å². The molecule has 0 atom stereocenters. The highest BCUT2D eigenvalue weighted by molar-refractivity contribution is 5.92. The van der Waals surface area contributed by atoms with Crippen molar-refractivity contribution in [3.63, 3.8) is 0 Å². The van der Waals surface area contributed by atoms with Crippen molar-refractivity contribution >= 4 is 5.91 Å². The molecule has 0 radical (unpaired) electrons. The molecule has 0 unspecified atom stereocenters. The van der Waals surface area contributed by atoms with Crippen molar-refractivity contribution in [3.8, 4) is 5.69 Å². The van der Waals surface area contributed by atoms with Gasteiger partial charge in [-0.3, -0.25) is 9.36 Å². The van der Waals surface area contributed by atoms with Crippen molar-refractivity contribution in [2.75, 3.05) is 14.1 Å². The summed E-state index contributed by atoms with van der Waals surface area (Å²) in [6.45, 7) is 4.26. The molecule has 0 aliphatic heterocycles. The third-order valence-corrected chi connectivity index (χ3v) is 3.47. The molecule has 20 heavy (non-hydrogen) atoms. The molecular weight excluding hydrogens is 250 g/mol. The smallest absolute Gasteiger partial charge is 0.271 e. The van der Waals surface area contributed by atoms with Gasteiger partial charge in [-0.05, 0) is 24.0 Å². The molecule has 0 aliphatic carbocycles. The van der Waals surface area contributed by atoms with Crippen molar-refractivity contribution in [1.82, 2.24) is 14.5 Å². The van der Waals surface area contributed by atoms with E-state index in [1.165, 1.54) is 11.1 Å². The number of para-hydroxylation sites is 1. The first-order valence-electron chi connectivity index (χ1n) is 6.95. The number of rotatable bonds is 4. The van der Waals surface area contributed by atoms with Gasteiger partial charge in [0.15, 0.2) is 0 Å². The summed E-state index contributed by atoms with van der Waals surface area (Å²) in [5.74, 6) is -0.0320. The molecule has 0 N–H and O–H groups in total. The highest BCUT2D eigenvalue weighted by atomic mass is 16.2. The first kappa shape index (κ1) is 14.3. The first-order valence-corrected chi connectivity index (χ1v) is 6.95. The zero-order valence-corrected chi connectivity index (χ0v) is 12.6. The van der Waals surface area contributed by atoms with E-state index in [9.17, 15) is 4.79 Å². The monoisotopic (exact) mass is 271 g/mol. The summed E-state index contributed by atoms with van der Waals surface area (Å²) < 4.78 is 1.92. The molecule has 0 spiro atoms. The quantitative estimate of drug-likeness (QED) is 0.857. The van der Waals surface area contributed by atoms with E-state index in [4.69, 9.17) is 0 Å². The number of carbonyl (C=O) groups excluding carboxylic acids is 1. The van der Waals surface area contributed by atoms with Gasteiger partial charge in [-0.25, -0.2) is 4.98 Å². The Labute approximate surface area is 120 Å². The maximum absolute atomic E-state index is 12.3. The zero-order chi connectivity index (χ0) is 14.7. The normalized spacial score (nSPS) is 10.6. The molecule has 1 heterocycles. The number of imidazole rings is 1. The fraction of sp³-hybridized carbons (Fsp3) is 0.375. The SMILES string of the molecule is CCc1cccc(CC)c1-n1cncc1C(=O)N(C)C. The second kappa shape index (κ2) is 5.90. The van der Waals surface area contributed by atoms with Crippen molar-refractivity contribution in [3.05, 3.63) is 47.5 Å². The Morgan fingerprint density at radius 2 is 1.80 bits per heavy atom. The summed E-state index contributed by atoms with van der Waals surface area (Å²) in [4.78, 5) is 18.0. The summed E-state index contributed by atoms with van der Waals surface area (Å²) >= 11 is 0. The largest absolute Gasteiger partial charge is 0.343 e. The van der Waals surface area contributed by atoms with Crippen molar-refractivity contribution in [2.24, 2.45) is 0 Å². The Morgan fingerprint density at radius 3 is 2.30 bits per heavy atom. The van der Waals surface area contributed by atoms with E-state index in [1.807, 2.05) is 4.57 Å². The molecule has 0 bridgehead atoms. The number of hydrogen-bond acceptors (Lipinski definition) is 2. The molecule has 4 heteroatoms. The van der Waals surface area contributed by atoms with E-state index >= 15 is 0 Å². The van der Waals surface area contributed by atoms with Crippen LogP contribution in [0.25, 0.3) is 5.69 Å². The van der Waals surface area contributed by atoms with Crippen LogP contribution >= 0.6 is 0 Å². The van der Waals surface area contributed by atoms with Crippen LogP contribution in [0.1, 0.15) is 35.5 Å². The second-order valence-corrected chi connectivity index (χ2v) is 4.98. The highest BCUT2D eigenvalue weighted by Crippen LogP contribution is 2.23. The standard InChI is InChI=1S/C16H21N3O/c1-5-12-8-7-9-13(6-2)15(12)19-11-17-10-14(19)16(20)18(3)4/h7-11H,5-6H2,1-4H3. The Balaban J connectivity index is 2.63. The van der Waals surface area contributed by atoms with Gasteiger partial charge in [0.05, 0.1) is 18.2 Å². The topological polar surface area (TPSA) is 38.1 Å². The second-order valence-electron chi connectivity index (χ2n) is 4.98. The lowest BCUT2D eigenvalue weighted by Gasteiger charge is -2.17. The lowest BCUT2D eigenvalue weighted by molar-refractivity contribution is 0.0820. The predicted molar refractivity (Wildman–Crippen MR) is 80.3 cm³/mol. The third-order valence-electron chi connectivity index (χ3n) is 3.47. The average molecular weight is 271 g/mol. The average Bonchev–Trinajstić information content (AvgIpc) is 2.94. The Morgan fingerprint density at radius 1 is 1.20 bits per heavy atom. The molecular formula is C16H21N3O. The molecule has 0 saturated heterocycles. The summed E-state index contributed by atoms with van der Waals surface area (Å²) in [6.07, 6.45) is 5.21. The van der Waals surface area contributed by atoms with Crippen molar-refractivity contribution < 1.29 is 4.79 Å². The Kier molecular flexibility index (Phi) is 4.23. The van der Waals surface area contributed by atoms with Crippen LogP contribution < -0.4 is 0 Å². The molecule has 1 aromatic carbocycles. The van der Waals surface area contributed by atoms with Crippen LogP contribution in [0.4, 0.5) is 0 Å². The fourth-order valence-electron chi connectivity index (χ4n) is 2.39. The zero-order valence-electron chi connectivity index (χ0n) is 12.6. The molecule has 1 aromatic heterocycles. The van der Waals surface area contributed by atoms with Gasteiger partial charge in [0.1, 0.15) is 5.69 Å². The maximum atomic E-state index is 12.3. The summed E-state index contributed by atoms with van der Waals surface area (Å²) in [7, 11) is 3.51. The van der Waals surface area contributed by atoms with E-state index < -0.39 is 0 Å². The maximum Gasteiger partial charge on any atom is 0.271 e. The molecule has 0 fully saturated rings. The summed E-state index contributed by atoms with van der Waals surface area (Å²) in [5, 5.41) is 0. The van der Waals surface area contributed by atoms with Crippen LogP contribution in [0.3, 0.4) is 0 Å². The fourth-order valence-corrected chi connectivity index (χ4v) is 2.39. The minimum atomic E-state index is -0.0320. The number of carbonyl (C=O) groups is 1. The van der Waals surface area contributed by atoms with Crippen LogP contribution in [0.15, 0.2) is 30.7 Å². The molecule has 1 amide bonds. The van der Waals surface area contributed by atoms with Crippen LogP contribution in [-0.4, -0.2) is 34.5 Å². The number of nitrogens with zero attached hydrogens (tertiary/aromatic N) is 3. The van der Waals surface area contributed by atoms with E-state index in [0.29, 0.717) is 5.69 Å². The number of aryl methyl sites for hydroxylation is 2. The van der Waals surface area contributed by atoms with E-state index in [-0.39, 0.29) is 5.91 Å². The minimum absolute atomic E-state index is 0.0320. The van der Waals surface area contributed by atoms with E-state index in [0.717, 1.165) is 18.5 Å². The lowest BCUT2D eigenvalue weighted by atomic mass is 10.0. The molecule has 2 aromatic rings. The van der Waals surface area contributed by atoms with Gasteiger partial charge in [-0.15, -0.1) is 0 Å². The minimum Gasteiger partial charge on any atom is -0.343 e. The third kappa shape index (κ3) is 2.46. The van der Waals surface area contributed by atoms with Gasteiger partial charge in [0.25, 0.3) is 5.91 Å². The van der Waals surface area contributed by atoms with Gasteiger partial charge in [0, 0.05) is 14.1 Å². The van der Waals surface area contributed by atoms with Crippen molar-refractivity contribution in [1.29, 1.82) is 0 Å². The summed E-state index contributed by atoms with van der Waals surface area (Å²) in [5.41, 5.74) is 4.16. The highest BCUT2D eigenvalue weighted by Gasteiger charge is 2.18. The molecule has 0 saturated carbocycles. The summed E-state index contributed by atoms with van der Waals surface area (Å²) in [6, 6.07) is 6.29. The van der Waals surface area contributed by atoms with Crippen molar-refractivity contribution in [2.45, 2.75) is 26.7 Å². The molecule has 106 valence electrons. The number of amides is 1. The predicted octanol–water partition coefficient (Wildman–Crippen LogP) is 2.70. The van der Waals surface area contributed by atoms with Crippen LogP contribution in [0.2, 0.25) is 0 Å². The van der Waals surface area contributed by atoms with Gasteiger partial charge in [0.2, 0.25) is 0 Å². The number of hydrogen-bond donors (Lipinski definition) is 0. The molecule has 0 aliphatic rings. The Bertz CT molecular complexity index is 592. The molecule has 2 rings (SSSR count). The van der Waals surface area contributed by atoms with Gasteiger partial charge in [-0.2, -0.15) is 0 Å². The number of benzene rings is 1. The van der Waals surface area contributed by atoms with Crippen LogP contribution in [0, 0.1) is 0 Å². The Hall–Kier alpha value is -2.10. The van der Waals surface area contributed by atoms with Gasteiger partial charge >= 0.3 is 0 Å². The van der Waals surface area contributed by atoms with E-state index in [1.54, 1.807) is 31.5 Å². The van der Waals surface area contributed by atoms with Crippen LogP contribution in [0.5, 0.6) is 0 Å². The number of aromatic nitrogens is 2.